The van der Waals surface area contributed by atoms with Crippen molar-refractivity contribution in [3.05, 3.63) is 31.2 Å². The number of alkyl halides is 2. The lowest BCUT2D eigenvalue weighted by molar-refractivity contribution is -0.217. The van der Waals surface area contributed by atoms with Gasteiger partial charge in [0.25, 0.3) is 5.92 Å². The molecule has 4 atom stereocenters. The molecular weight excluding hydrogens is 546 g/mol. The third-order valence-corrected chi connectivity index (χ3v) is 8.92. The monoisotopic (exact) mass is 590 g/mol. The molecule has 2 aromatic heterocycles. The van der Waals surface area contributed by atoms with Crippen molar-refractivity contribution in [2.45, 2.75) is 95.3 Å². The second-order valence-corrected chi connectivity index (χ2v) is 13.7. The number of hydrogen-bond acceptors (Lipinski definition) is 8. The second-order valence-electron chi connectivity index (χ2n) is 13.7. The minimum atomic E-state index is -2.83. The zero-order valence-corrected chi connectivity index (χ0v) is 25.2. The minimum absolute atomic E-state index is 0.0776. The predicted octanol–water partition coefficient (Wildman–Crippen LogP) is 4.60. The van der Waals surface area contributed by atoms with Crippen LogP contribution in [0.2, 0.25) is 0 Å². The van der Waals surface area contributed by atoms with Crippen molar-refractivity contribution in [2.75, 3.05) is 31.9 Å². The number of fused-ring (bicyclic) bond motifs is 1. The van der Waals surface area contributed by atoms with Gasteiger partial charge in [0.1, 0.15) is 23.4 Å². The Morgan fingerprint density at radius 2 is 1.93 bits per heavy atom. The SMILES string of the molecule is C=C[C@@H]1[C@@H](CN2CC(F)(F)CC23CCN(C(=O)OC(C)(C)C)CC3)C[C@@H](n2ccc3c(N)ncnc32)[C@@H]1OC(C)(C)O. The molecule has 5 rings (SSSR count). The molecular formula is C30H44F2N6O4. The van der Waals surface area contributed by atoms with Gasteiger partial charge in [-0.25, -0.2) is 23.5 Å². The molecule has 0 bridgehead atoms. The molecule has 0 radical (unpaired) electrons. The van der Waals surface area contributed by atoms with Crippen molar-refractivity contribution < 1.29 is 28.2 Å². The standard InChI is InChI=1S/C30H44F2N6O4/c1-7-20-19(14-22(23(20)41-28(5,6)40)38-11-8-21-24(33)34-18-35-25(21)38)15-37-17-30(31,32)16-29(37)9-12-36(13-10-29)26(39)42-27(2,3)4/h7-8,11,18-20,22-23,40H,1,9-10,12-17H2,2-6H3,(H2,33,34,35)/t19-,20-,22-,23-/m1/s1. The molecule has 0 unspecified atom stereocenters. The first-order chi connectivity index (χ1) is 19.5. The van der Waals surface area contributed by atoms with E-state index in [0.29, 0.717) is 55.7 Å². The van der Waals surface area contributed by atoms with Crippen molar-refractivity contribution in [1.29, 1.82) is 0 Å². The maximum absolute atomic E-state index is 15.1. The highest BCUT2D eigenvalue weighted by atomic mass is 19.3. The number of carbonyl (C=O) groups excluding carboxylic acids is 1. The summed E-state index contributed by atoms with van der Waals surface area (Å²) < 4.78 is 44.0. The molecule has 10 nitrogen and oxygen atoms in total. The fourth-order valence-electron chi connectivity index (χ4n) is 7.23. The van der Waals surface area contributed by atoms with Gasteiger partial charge in [-0.05, 0) is 65.9 Å². The van der Waals surface area contributed by atoms with E-state index in [1.54, 1.807) is 18.7 Å². The summed E-state index contributed by atoms with van der Waals surface area (Å²) in [5.41, 5.74) is 5.40. The molecule has 3 fully saturated rings. The molecule has 42 heavy (non-hydrogen) atoms. The van der Waals surface area contributed by atoms with E-state index in [0.717, 1.165) is 0 Å². The van der Waals surface area contributed by atoms with Crippen LogP contribution in [0, 0.1) is 11.8 Å². The molecule has 12 heteroatoms. The van der Waals surface area contributed by atoms with Crippen LogP contribution in [0.15, 0.2) is 31.2 Å². The Bertz CT molecular complexity index is 1310. The number of hydrogen-bond donors (Lipinski definition) is 2. The predicted molar refractivity (Wildman–Crippen MR) is 155 cm³/mol. The van der Waals surface area contributed by atoms with Gasteiger partial charge in [0, 0.05) is 43.7 Å². The molecule has 2 aromatic rings. The minimum Gasteiger partial charge on any atom is -0.444 e. The molecule has 4 heterocycles. The average Bonchev–Trinajstić information content (AvgIpc) is 3.50. The Morgan fingerprint density at radius 1 is 1.24 bits per heavy atom. The first-order valence-corrected chi connectivity index (χ1v) is 14.7. The highest BCUT2D eigenvalue weighted by Gasteiger charge is 2.57. The zero-order chi connectivity index (χ0) is 30.7. The highest BCUT2D eigenvalue weighted by molar-refractivity contribution is 5.86. The first kappa shape index (κ1) is 30.6. The van der Waals surface area contributed by atoms with Gasteiger partial charge in [0.2, 0.25) is 0 Å². The number of aromatic nitrogens is 3. The van der Waals surface area contributed by atoms with Crippen LogP contribution in [-0.2, 0) is 9.47 Å². The molecule has 2 saturated heterocycles. The third kappa shape index (κ3) is 6.12. The van der Waals surface area contributed by atoms with Crippen LogP contribution in [0.5, 0.6) is 0 Å². The van der Waals surface area contributed by atoms with Crippen LogP contribution in [0.3, 0.4) is 0 Å². The number of amides is 1. The van der Waals surface area contributed by atoms with Gasteiger partial charge in [0.15, 0.2) is 5.79 Å². The molecule has 2 aliphatic heterocycles. The van der Waals surface area contributed by atoms with Gasteiger partial charge in [-0.2, -0.15) is 0 Å². The van der Waals surface area contributed by atoms with E-state index in [1.807, 2.05) is 48.6 Å². The van der Waals surface area contributed by atoms with Gasteiger partial charge in [0.05, 0.1) is 24.1 Å². The van der Waals surface area contributed by atoms with Crippen molar-refractivity contribution in [3.63, 3.8) is 0 Å². The Hall–Kier alpha value is -2.83. The Morgan fingerprint density at radius 3 is 2.55 bits per heavy atom. The van der Waals surface area contributed by atoms with Gasteiger partial charge < -0.3 is 29.8 Å². The number of nitrogens with two attached hydrogens (primary N) is 1. The Kier molecular flexibility index (Phi) is 7.81. The number of anilines is 1. The van der Waals surface area contributed by atoms with Crippen molar-refractivity contribution >= 4 is 22.9 Å². The normalized spacial score (nSPS) is 28.0. The van der Waals surface area contributed by atoms with E-state index < -0.39 is 35.0 Å². The average molecular weight is 591 g/mol. The summed E-state index contributed by atoms with van der Waals surface area (Å²) in [6, 6.07) is 1.61. The molecule has 1 amide bonds. The third-order valence-electron chi connectivity index (χ3n) is 8.92. The quantitative estimate of drug-likeness (QED) is 0.370. The number of ether oxygens (including phenoxy) is 2. The number of nitrogen functional groups attached to an aromatic ring is 1. The Balaban J connectivity index is 1.40. The summed E-state index contributed by atoms with van der Waals surface area (Å²) in [6.07, 6.45) is 5.49. The van der Waals surface area contributed by atoms with Crippen LogP contribution < -0.4 is 5.73 Å². The maximum atomic E-state index is 15.1. The lowest BCUT2D eigenvalue weighted by atomic mass is 9.83. The number of rotatable bonds is 6. The van der Waals surface area contributed by atoms with E-state index in [1.165, 1.54) is 6.33 Å². The topological polar surface area (TPSA) is 119 Å². The van der Waals surface area contributed by atoms with Crippen LogP contribution in [0.25, 0.3) is 11.0 Å². The molecule has 1 spiro atoms. The fraction of sp³-hybridized carbons (Fsp3) is 0.700. The second kappa shape index (κ2) is 10.7. The zero-order valence-electron chi connectivity index (χ0n) is 25.2. The molecule has 3 aliphatic rings. The lowest BCUT2D eigenvalue weighted by Crippen LogP contribution is -2.55. The van der Waals surface area contributed by atoms with E-state index in [-0.39, 0.29) is 30.8 Å². The highest BCUT2D eigenvalue weighted by Crippen LogP contribution is 2.50. The van der Waals surface area contributed by atoms with Crippen molar-refractivity contribution in [2.24, 2.45) is 11.8 Å². The largest absolute Gasteiger partial charge is 0.444 e. The molecule has 1 saturated carbocycles. The van der Waals surface area contributed by atoms with Gasteiger partial charge in [-0.1, -0.05) is 6.08 Å². The number of likely N-dealkylation sites (tertiary alicyclic amines) is 2. The van der Waals surface area contributed by atoms with Crippen LogP contribution in [0.4, 0.5) is 19.4 Å². The molecule has 1 aliphatic carbocycles. The molecule has 232 valence electrons. The Labute approximate surface area is 245 Å². The summed E-state index contributed by atoms with van der Waals surface area (Å²) in [5, 5.41) is 11.4. The summed E-state index contributed by atoms with van der Waals surface area (Å²) in [6.45, 7) is 13.5. The van der Waals surface area contributed by atoms with Crippen LogP contribution >= 0.6 is 0 Å². The van der Waals surface area contributed by atoms with E-state index in [2.05, 4.69) is 16.5 Å². The van der Waals surface area contributed by atoms with Crippen molar-refractivity contribution in [1.82, 2.24) is 24.3 Å². The van der Waals surface area contributed by atoms with Gasteiger partial charge >= 0.3 is 6.09 Å². The summed E-state index contributed by atoms with van der Waals surface area (Å²) in [5.74, 6) is -4.18. The van der Waals surface area contributed by atoms with E-state index >= 15 is 8.78 Å². The number of nitrogens with zero attached hydrogens (tertiary/aromatic N) is 5. The van der Waals surface area contributed by atoms with E-state index in [9.17, 15) is 9.90 Å². The summed E-state index contributed by atoms with van der Waals surface area (Å²) >= 11 is 0. The number of halogens is 2. The fourth-order valence-corrected chi connectivity index (χ4v) is 7.23. The summed E-state index contributed by atoms with van der Waals surface area (Å²) in [7, 11) is 0. The lowest BCUT2D eigenvalue weighted by Gasteiger charge is -2.45. The summed E-state index contributed by atoms with van der Waals surface area (Å²) in [4.78, 5) is 24.8. The number of piperidine rings is 1. The van der Waals surface area contributed by atoms with E-state index in [4.69, 9.17) is 15.2 Å². The molecule has 3 N–H and O–H groups in total. The van der Waals surface area contributed by atoms with Gasteiger partial charge in [-0.15, -0.1) is 6.58 Å². The number of aliphatic hydroxyl groups is 1. The first-order valence-electron chi connectivity index (χ1n) is 14.7. The van der Waals surface area contributed by atoms with Crippen LogP contribution in [-0.4, -0.2) is 90.7 Å². The van der Waals surface area contributed by atoms with Gasteiger partial charge in [-0.3, -0.25) is 4.90 Å². The maximum Gasteiger partial charge on any atom is 0.410 e. The van der Waals surface area contributed by atoms with Crippen LogP contribution in [0.1, 0.15) is 66.3 Å². The molecule has 0 aromatic carbocycles. The smallest absolute Gasteiger partial charge is 0.410 e. The number of carbonyl (C=O) groups is 1. The van der Waals surface area contributed by atoms with Crippen molar-refractivity contribution in [3.8, 4) is 0 Å².